The Hall–Kier alpha value is -1.22. The lowest BCUT2D eigenvalue weighted by Crippen LogP contribution is -2.03. The van der Waals surface area contributed by atoms with E-state index in [0.29, 0.717) is 0 Å². The number of hydrogen-bond acceptors (Lipinski definition) is 0. The summed E-state index contributed by atoms with van der Waals surface area (Å²) >= 11 is 0. The first-order chi connectivity index (χ1) is 6.03. The molecule has 1 rings (SSSR count). The van der Waals surface area contributed by atoms with Gasteiger partial charge in [-0.1, -0.05) is 43.6 Å². The van der Waals surface area contributed by atoms with E-state index in [1.807, 2.05) is 6.92 Å². The second-order valence-electron chi connectivity index (χ2n) is 4.02. The summed E-state index contributed by atoms with van der Waals surface area (Å²) in [6.07, 6.45) is 8.66. The van der Waals surface area contributed by atoms with Crippen molar-refractivity contribution >= 4 is 0 Å². The summed E-state index contributed by atoms with van der Waals surface area (Å²) in [7, 11) is 0. The van der Waals surface area contributed by atoms with Gasteiger partial charge in [-0.05, 0) is 19.9 Å². The van der Waals surface area contributed by atoms with Crippen molar-refractivity contribution in [1.82, 2.24) is 0 Å². The van der Waals surface area contributed by atoms with Gasteiger partial charge in [-0.2, -0.15) is 0 Å². The lowest BCUT2D eigenvalue weighted by atomic mass is 9.90. The third-order valence-corrected chi connectivity index (χ3v) is 1.92. The molecular weight excluding hydrogens is 156 g/mol. The smallest absolute Gasteiger partial charge is 0.0213 e. The quantitative estimate of drug-likeness (QED) is 0.491. The molecule has 0 aromatic rings. The maximum Gasteiger partial charge on any atom is 0.0213 e. The zero-order chi connectivity index (χ0) is 9.90. The van der Waals surface area contributed by atoms with Crippen molar-refractivity contribution in [2.45, 2.75) is 27.7 Å². The lowest BCUT2D eigenvalue weighted by Gasteiger charge is -2.14. The lowest BCUT2D eigenvalue weighted by molar-refractivity contribution is 0.621. The van der Waals surface area contributed by atoms with Crippen molar-refractivity contribution in [3.8, 4) is 11.8 Å². The van der Waals surface area contributed by atoms with E-state index in [0.717, 1.165) is 5.57 Å². The second kappa shape index (κ2) is 3.66. The van der Waals surface area contributed by atoms with Gasteiger partial charge in [-0.15, -0.1) is 5.92 Å². The van der Waals surface area contributed by atoms with Gasteiger partial charge in [0, 0.05) is 11.0 Å². The molecule has 0 nitrogen and oxygen atoms in total. The van der Waals surface area contributed by atoms with Gasteiger partial charge < -0.3 is 0 Å². The van der Waals surface area contributed by atoms with E-state index in [2.05, 4.69) is 56.9 Å². The zero-order valence-electron chi connectivity index (χ0n) is 8.81. The highest BCUT2D eigenvalue weighted by Crippen LogP contribution is 2.26. The third-order valence-electron chi connectivity index (χ3n) is 1.92. The molecule has 0 fully saturated rings. The van der Waals surface area contributed by atoms with Crippen molar-refractivity contribution in [2.24, 2.45) is 5.41 Å². The molecule has 0 aromatic heterocycles. The predicted octanol–water partition coefficient (Wildman–Crippen LogP) is 3.48. The van der Waals surface area contributed by atoms with Crippen LogP contribution in [0.3, 0.4) is 0 Å². The fourth-order valence-electron chi connectivity index (χ4n) is 1.57. The van der Waals surface area contributed by atoms with Crippen LogP contribution < -0.4 is 0 Å². The topological polar surface area (TPSA) is 0 Å². The molecule has 13 heavy (non-hydrogen) atoms. The Morgan fingerprint density at radius 2 is 1.85 bits per heavy atom. The largest absolute Gasteiger partial charge is 0.101 e. The van der Waals surface area contributed by atoms with Gasteiger partial charge >= 0.3 is 0 Å². The number of rotatable bonds is 0. The van der Waals surface area contributed by atoms with Crippen LogP contribution in [0.5, 0.6) is 0 Å². The van der Waals surface area contributed by atoms with E-state index < -0.39 is 0 Å². The van der Waals surface area contributed by atoms with Gasteiger partial charge in [0.25, 0.3) is 0 Å². The Morgan fingerprint density at radius 3 is 2.46 bits per heavy atom. The van der Waals surface area contributed by atoms with Gasteiger partial charge in [-0.25, -0.2) is 0 Å². The normalized spacial score (nSPS) is 19.4. The second-order valence-corrected chi connectivity index (χ2v) is 4.02. The van der Waals surface area contributed by atoms with Crippen molar-refractivity contribution in [2.75, 3.05) is 0 Å². The minimum Gasteiger partial charge on any atom is -0.101 e. The van der Waals surface area contributed by atoms with Crippen LogP contribution in [0, 0.1) is 17.3 Å². The first-order valence-corrected chi connectivity index (χ1v) is 4.57. The van der Waals surface area contributed by atoms with E-state index in [1.165, 1.54) is 5.57 Å². The molecule has 0 radical (unpaired) electrons. The fourth-order valence-corrected chi connectivity index (χ4v) is 1.57. The van der Waals surface area contributed by atoms with E-state index in [9.17, 15) is 0 Å². The minimum atomic E-state index is 0.118. The van der Waals surface area contributed by atoms with Crippen LogP contribution in [0.15, 0.2) is 35.5 Å². The molecule has 1 aliphatic carbocycles. The van der Waals surface area contributed by atoms with E-state index in [-0.39, 0.29) is 5.41 Å². The molecule has 0 saturated heterocycles. The average Bonchev–Trinajstić information content (AvgIpc) is 2.09. The summed E-state index contributed by atoms with van der Waals surface area (Å²) in [5.74, 6) is 6.02. The molecule has 0 spiro atoms. The van der Waals surface area contributed by atoms with Gasteiger partial charge in [0.15, 0.2) is 0 Å². The van der Waals surface area contributed by atoms with E-state index in [4.69, 9.17) is 0 Å². The molecule has 0 atom stereocenters. The number of allylic oxidation sites excluding steroid dienone is 6. The summed E-state index contributed by atoms with van der Waals surface area (Å²) in [4.78, 5) is 0. The van der Waals surface area contributed by atoms with Crippen LogP contribution >= 0.6 is 0 Å². The van der Waals surface area contributed by atoms with Crippen molar-refractivity contribution in [3.05, 3.63) is 35.5 Å². The Kier molecular flexibility index (Phi) is 2.78. The van der Waals surface area contributed by atoms with Gasteiger partial charge in [-0.3, -0.25) is 0 Å². The predicted molar refractivity (Wildman–Crippen MR) is 58.2 cm³/mol. The third kappa shape index (κ3) is 2.95. The molecule has 0 heterocycles. The Labute approximate surface area is 81.0 Å². The zero-order valence-corrected chi connectivity index (χ0v) is 8.81. The minimum absolute atomic E-state index is 0.118. The highest BCUT2D eigenvalue weighted by Gasteiger charge is 2.13. The summed E-state index contributed by atoms with van der Waals surface area (Å²) in [6, 6.07) is 0. The van der Waals surface area contributed by atoms with Crippen LogP contribution in [0.2, 0.25) is 0 Å². The molecule has 0 bridgehead atoms. The maximum absolute atomic E-state index is 3.09. The van der Waals surface area contributed by atoms with Crippen LogP contribution in [-0.4, -0.2) is 0 Å². The maximum atomic E-state index is 3.09. The van der Waals surface area contributed by atoms with Crippen LogP contribution in [0.25, 0.3) is 0 Å². The summed E-state index contributed by atoms with van der Waals surface area (Å²) in [5, 5.41) is 0. The van der Waals surface area contributed by atoms with Crippen molar-refractivity contribution in [3.63, 3.8) is 0 Å². The van der Waals surface area contributed by atoms with Crippen molar-refractivity contribution in [1.29, 1.82) is 0 Å². The Morgan fingerprint density at radius 1 is 1.15 bits per heavy atom. The fraction of sp³-hybridized carbons (Fsp3) is 0.385. The van der Waals surface area contributed by atoms with Crippen LogP contribution in [-0.2, 0) is 0 Å². The summed E-state index contributed by atoms with van der Waals surface area (Å²) in [5.41, 5.74) is 2.53. The highest BCUT2D eigenvalue weighted by molar-refractivity contribution is 5.44. The number of hydrogen-bond donors (Lipinski definition) is 0. The molecule has 0 aliphatic heterocycles. The summed E-state index contributed by atoms with van der Waals surface area (Å²) < 4.78 is 0. The van der Waals surface area contributed by atoms with Gasteiger partial charge in [0.2, 0.25) is 0 Å². The van der Waals surface area contributed by atoms with Gasteiger partial charge in [0.05, 0.1) is 0 Å². The molecule has 1 aliphatic rings. The monoisotopic (exact) mass is 172 g/mol. The molecule has 0 aromatic carbocycles. The molecular formula is C13H16. The van der Waals surface area contributed by atoms with Crippen molar-refractivity contribution < 1.29 is 0 Å². The van der Waals surface area contributed by atoms with E-state index in [1.54, 1.807) is 0 Å². The molecule has 0 heteroatoms. The van der Waals surface area contributed by atoms with Crippen LogP contribution in [0.1, 0.15) is 27.7 Å². The van der Waals surface area contributed by atoms with Gasteiger partial charge in [0.1, 0.15) is 0 Å². The molecule has 0 N–H and O–H groups in total. The SMILES string of the molecule is CC#CC1=CC(C)(C)C=C(C)C=C1. The Balaban J connectivity index is 3.09. The molecule has 68 valence electrons. The average molecular weight is 172 g/mol. The highest BCUT2D eigenvalue weighted by atomic mass is 14.2. The summed E-state index contributed by atoms with van der Waals surface area (Å²) in [6.45, 7) is 8.38. The molecule has 0 unspecified atom stereocenters. The first-order valence-electron chi connectivity index (χ1n) is 4.57. The standard InChI is InChI=1S/C13H16/c1-5-6-12-8-7-11(2)9-13(3,4)10-12/h7-10H,1-4H3. The molecule has 0 amide bonds. The van der Waals surface area contributed by atoms with Crippen LogP contribution in [0.4, 0.5) is 0 Å². The molecule has 0 saturated carbocycles. The van der Waals surface area contributed by atoms with E-state index >= 15 is 0 Å². The first kappa shape index (κ1) is 9.86. The Bertz CT molecular complexity index is 338.